The van der Waals surface area contributed by atoms with Crippen molar-refractivity contribution in [3.8, 4) is 0 Å². The van der Waals surface area contributed by atoms with Gasteiger partial charge in [0.2, 0.25) is 0 Å². The van der Waals surface area contributed by atoms with Gasteiger partial charge in [-0.1, -0.05) is 30.4 Å². The maximum absolute atomic E-state index is 11.0. The van der Waals surface area contributed by atoms with Crippen molar-refractivity contribution in [2.75, 3.05) is 6.61 Å². The second kappa shape index (κ2) is 7.75. The quantitative estimate of drug-likeness (QED) is 0.757. The molecule has 2 N–H and O–H groups in total. The first-order valence-corrected chi connectivity index (χ1v) is 8.91. The van der Waals surface area contributed by atoms with Crippen LogP contribution < -0.4 is 0 Å². The Morgan fingerprint density at radius 1 is 1.17 bits per heavy atom. The molecule has 1 heterocycles. The summed E-state index contributed by atoms with van der Waals surface area (Å²) in [6.07, 6.45) is 5.20. The second-order valence-corrected chi connectivity index (χ2v) is 7.15. The number of carboxylic acid groups (broad SMARTS) is 1. The van der Waals surface area contributed by atoms with Gasteiger partial charge in [0.25, 0.3) is 0 Å². The lowest BCUT2D eigenvalue weighted by Gasteiger charge is -2.28. The van der Waals surface area contributed by atoms with E-state index in [9.17, 15) is 9.90 Å². The van der Waals surface area contributed by atoms with Gasteiger partial charge >= 0.3 is 5.97 Å². The van der Waals surface area contributed by atoms with Crippen molar-refractivity contribution in [3.05, 3.63) is 69.9 Å². The van der Waals surface area contributed by atoms with Crippen LogP contribution in [0.25, 0.3) is 0 Å². The molecule has 0 radical (unpaired) electrons. The minimum absolute atomic E-state index is 0.188. The molecule has 24 heavy (non-hydrogen) atoms. The van der Waals surface area contributed by atoms with Crippen molar-refractivity contribution in [3.63, 3.8) is 0 Å². The molecule has 1 aromatic heterocycles. The Labute approximate surface area is 145 Å². The number of carboxylic acids is 1. The van der Waals surface area contributed by atoms with Crippen molar-refractivity contribution in [1.29, 1.82) is 0 Å². The molecule has 2 atom stereocenters. The number of thiophene rings is 1. The van der Waals surface area contributed by atoms with Crippen LogP contribution in [-0.2, 0) is 13.1 Å². The number of aliphatic hydroxyl groups is 1. The minimum atomic E-state index is -0.901. The third-order valence-electron chi connectivity index (χ3n) is 4.38. The van der Waals surface area contributed by atoms with Crippen molar-refractivity contribution in [2.45, 2.75) is 25.6 Å². The van der Waals surface area contributed by atoms with Gasteiger partial charge in [0, 0.05) is 36.5 Å². The molecule has 1 aliphatic carbocycles. The van der Waals surface area contributed by atoms with Gasteiger partial charge in [-0.15, -0.1) is 11.3 Å². The molecule has 0 fully saturated rings. The molecule has 0 spiro atoms. The second-order valence-electron chi connectivity index (χ2n) is 6.12. The van der Waals surface area contributed by atoms with Crippen LogP contribution in [0.1, 0.15) is 27.2 Å². The van der Waals surface area contributed by atoms with E-state index < -0.39 is 5.97 Å². The first-order valence-electron chi connectivity index (χ1n) is 8.03. The summed E-state index contributed by atoms with van der Waals surface area (Å²) in [7, 11) is 0. The third-order valence-corrected chi connectivity index (χ3v) is 5.24. The summed E-state index contributed by atoms with van der Waals surface area (Å²) in [6.45, 7) is 1.80. The van der Waals surface area contributed by atoms with Crippen molar-refractivity contribution >= 4 is 17.3 Å². The standard InChI is InChI=1S/C19H21NO3S/c21-13-15-5-8-17(10-15)20(12-18-2-1-9-24-18)11-14-3-6-16(7-4-14)19(22)23/h1-9,15,17,21H,10-13H2,(H,22,23)/t15-,17+/m0/s1. The van der Waals surface area contributed by atoms with E-state index in [2.05, 4.69) is 34.6 Å². The molecular weight excluding hydrogens is 322 g/mol. The Balaban J connectivity index is 1.74. The lowest BCUT2D eigenvalue weighted by atomic mass is 10.1. The summed E-state index contributed by atoms with van der Waals surface area (Å²) < 4.78 is 0. The zero-order valence-electron chi connectivity index (χ0n) is 13.3. The largest absolute Gasteiger partial charge is 0.478 e. The van der Waals surface area contributed by atoms with E-state index in [4.69, 9.17) is 5.11 Å². The van der Waals surface area contributed by atoms with E-state index in [1.165, 1.54) is 4.88 Å². The number of nitrogens with zero attached hydrogens (tertiary/aromatic N) is 1. The van der Waals surface area contributed by atoms with Gasteiger partial charge in [0.05, 0.1) is 5.56 Å². The van der Waals surface area contributed by atoms with Crippen LogP contribution in [0, 0.1) is 5.92 Å². The summed E-state index contributed by atoms with van der Waals surface area (Å²) in [5.41, 5.74) is 1.40. The summed E-state index contributed by atoms with van der Waals surface area (Å²) in [6, 6.07) is 11.6. The highest BCUT2D eigenvalue weighted by Gasteiger charge is 2.24. The SMILES string of the molecule is O=C(O)c1ccc(CN(Cc2cccs2)[C@@H]2C=C[C@H](CO)C2)cc1. The zero-order chi connectivity index (χ0) is 16.9. The molecule has 0 saturated carbocycles. The van der Waals surface area contributed by atoms with Crippen LogP contribution in [0.4, 0.5) is 0 Å². The minimum Gasteiger partial charge on any atom is -0.478 e. The Hall–Kier alpha value is -1.95. The third kappa shape index (κ3) is 4.12. The van der Waals surface area contributed by atoms with Crippen molar-refractivity contribution < 1.29 is 15.0 Å². The predicted molar refractivity (Wildman–Crippen MR) is 95.1 cm³/mol. The lowest BCUT2D eigenvalue weighted by molar-refractivity contribution is 0.0697. The molecule has 2 aromatic rings. The van der Waals surface area contributed by atoms with Gasteiger partial charge in [0.1, 0.15) is 0 Å². The molecule has 0 unspecified atom stereocenters. The van der Waals surface area contributed by atoms with Crippen LogP contribution in [0.5, 0.6) is 0 Å². The molecule has 1 aromatic carbocycles. The summed E-state index contributed by atoms with van der Waals surface area (Å²) in [5, 5.41) is 20.5. The first-order chi connectivity index (χ1) is 11.7. The van der Waals surface area contributed by atoms with E-state index in [0.717, 1.165) is 25.1 Å². The normalized spacial score (nSPS) is 19.9. The number of rotatable bonds is 7. The lowest BCUT2D eigenvalue weighted by Crippen LogP contribution is -2.32. The average Bonchev–Trinajstić information content (AvgIpc) is 3.26. The number of benzene rings is 1. The molecule has 1 aliphatic rings. The Morgan fingerprint density at radius 2 is 1.96 bits per heavy atom. The highest BCUT2D eigenvalue weighted by molar-refractivity contribution is 7.09. The predicted octanol–water partition coefficient (Wildman–Crippen LogP) is 3.39. The van der Waals surface area contributed by atoms with Gasteiger partial charge in [-0.05, 0) is 35.6 Å². The fraction of sp³-hybridized carbons (Fsp3) is 0.316. The Morgan fingerprint density at radius 3 is 2.54 bits per heavy atom. The maximum atomic E-state index is 11.0. The van der Waals surface area contributed by atoms with E-state index >= 15 is 0 Å². The monoisotopic (exact) mass is 343 g/mol. The fourth-order valence-electron chi connectivity index (χ4n) is 3.04. The van der Waals surface area contributed by atoms with Crippen molar-refractivity contribution in [1.82, 2.24) is 4.90 Å². The molecule has 5 heteroatoms. The van der Waals surface area contributed by atoms with Crippen LogP contribution in [0.15, 0.2) is 53.9 Å². The number of aliphatic hydroxyl groups excluding tert-OH is 1. The molecule has 0 saturated heterocycles. The van der Waals surface area contributed by atoms with Gasteiger partial charge in [0.15, 0.2) is 0 Å². The van der Waals surface area contributed by atoms with Gasteiger partial charge in [-0.3, -0.25) is 4.90 Å². The van der Waals surface area contributed by atoms with Crippen LogP contribution in [-0.4, -0.2) is 33.7 Å². The molecular formula is C19H21NO3S. The van der Waals surface area contributed by atoms with E-state index in [1.54, 1.807) is 23.5 Å². The number of hydrogen-bond donors (Lipinski definition) is 2. The van der Waals surface area contributed by atoms with Gasteiger partial charge in [-0.2, -0.15) is 0 Å². The highest BCUT2D eigenvalue weighted by atomic mass is 32.1. The summed E-state index contributed by atoms with van der Waals surface area (Å²) >= 11 is 1.74. The van der Waals surface area contributed by atoms with Gasteiger partial charge in [-0.25, -0.2) is 4.79 Å². The molecule has 0 bridgehead atoms. The Bertz CT molecular complexity index is 694. The Kier molecular flexibility index (Phi) is 5.45. The number of hydrogen-bond acceptors (Lipinski definition) is 4. The van der Waals surface area contributed by atoms with Crippen LogP contribution >= 0.6 is 11.3 Å². The molecule has 126 valence electrons. The van der Waals surface area contributed by atoms with Crippen LogP contribution in [0.3, 0.4) is 0 Å². The first kappa shape index (κ1) is 16.9. The van der Waals surface area contributed by atoms with Crippen molar-refractivity contribution in [2.24, 2.45) is 5.92 Å². The summed E-state index contributed by atoms with van der Waals surface area (Å²) in [4.78, 5) is 14.7. The van der Waals surface area contributed by atoms with E-state index in [-0.39, 0.29) is 12.5 Å². The highest BCUT2D eigenvalue weighted by Crippen LogP contribution is 2.26. The topological polar surface area (TPSA) is 60.8 Å². The zero-order valence-corrected chi connectivity index (χ0v) is 14.2. The number of carbonyl (C=O) groups is 1. The molecule has 0 amide bonds. The molecule has 0 aliphatic heterocycles. The average molecular weight is 343 g/mol. The number of aromatic carboxylic acids is 1. The smallest absolute Gasteiger partial charge is 0.335 e. The fourth-order valence-corrected chi connectivity index (χ4v) is 3.77. The summed E-state index contributed by atoms with van der Waals surface area (Å²) in [5.74, 6) is -0.670. The van der Waals surface area contributed by atoms with Gasteiger partial charge < -0.3 is 10.2 Å². The maximum Gasteiger partial charge on any atom is 0.335 e. The van der Waals surface area contributed by atoms with E-state index in [0.29, 0.717) is 11.6 Å². The van der Waals surface area contributed by atoms with Crippen LogP contribution in [0.2, 0.25) is 0 Å². The molecule has 4 nitrogen and oxygen atoms in total. The molecule has 3 rings (SSSR count). The van der Waals surface area contributed by atoms with E-state index in [1.807, 2.05) is 12.1 Å².